The Morgan fingerprint density at radius 1 is 1.26 bits per heavy atom. The number of rotatable bonds is 4. The summed E-state index contributed by atoms with van der Waals surface area (Å²) >= 11 is 5.97. The number of hydrogen-bond donors (Lipinski definition) is 2. The Hall–Kier alpha value is -1.30. The smallest absolute Gasteiger partial charge is 0.322 e. The molecule has 2 fully saturated rings. The Morgan fingerprint density at radius 2 is 2.04 bits per heavy atom. The standard InChI is InChI=1S/C17H24ClN3O2/c18-13-4-1-5-14(10-13)19-17(23)21-9-3-6-15(21)11-20-8-2-7-16(20)12-22/h1,4-5,10,15-16,22H,2-3,6-9,11-12H2,(H,19,23). The van der Waals surface area contributed by atoms with Crippen molar-refractivity contribution in [2.45, 2.75) is 37.8 Å². The zero-order valence-corrected chi connectivity index (χ0v) is 14.0. The van der Waals surface area contributed by atoms with E-state index in [9.17, 15) is 9.90 Å². The van der Waals surface area contributed by atoms with E-state index in [0.29, 0.717) is 5.02 Å². The van der Waals surface area contributed by atoms with Gasteiger partial charge in [0.1, 0.15) is 0 Å². The minimum atomic E-state index is -0.0606. The summed E-state index contributed by atoms with van der Waals surface area (Å²) in [5.41, 5.74) is 0.725. The molecule has 0 aromatic heterocycles. The number of aliphatic hydroxyl groups is 1. The zero-order valence-electron chi connectivity index (χ0n) is 13.2. The second-order valence-electron chi connectivity index (χ2n) is 6.40. The first-order valence-electron chi connectivity index (χ1n) is 8.35. The van der Waals surface area contributed by atoms with E-state index in [1.165, 1.54) is 0 Å². The first kappa shape index (κ1) is 16.6. The third kappa shape index (κ3) is 3.97. The van der Waals surface area contributed by atoms with Crippen LogP contribution in [-0.4, -0.2) is 59.3 Å². The van der Waals surface area contributed by atoms with Crippen molar-refractivity contribution in [1.82, 2.24) is 9.80 Å². The van der Waals surface area contributed by atoms with Crippen molar-refractivity contribution in [3.05, 3.63) is 29.3 Å². The highest BCUT2D eigenvalue weighted by molar-refractivity contribution is 6.30. The lowest BCUT2D eigenvalue weighted by atomic mass is 10.2. The Bertz CT molecular complexity index is 554. The summed E-state index contributed by atoms with van der Waals surface area (Å²) in [5.74, 6) is 0. The molecule has 126 valence electrons. The minimum absolute atomic E-state index is 0.0606. The average Bonchev–Trinajstić information content (AvgIpc) is 3.16. The highest BCUT2D eigenvalue weighted by Crippen LogP contribution is 2.24. The lowest BCUT2D eigenvalue weighted by Gasteiger charge is -2.31. The number of nitrogens with one attached hydrogen (secondary N) is 1. The van der Waals surface area contributed by atoms with E-state index in [-0.39, 0.29) is 24.7 Å². The number of amides is 2. The third-order valence-electron chi connectivity index (χ3n) is 4.87. The fourth-order valence-electron chi connectivity index (χ4n) is 3.67. The Balaban J connectivity index is 1.60. The van der Waals surface area contributed by atoms with Crippen LogP contribution in [0.5, 0.6) is 0 Å². The molecule has 2 aliphatic heterocycles. The molecule has 2 saturated heterocycles. The normalized spacial score (nSPS) is 25.0. The van der Waals surface area contributed by atoms with E-state index in [4.69, 9.17) is 11.6 Å². The molecule has 0 spiro atoms. The van der Waals surface area contributed by atoms with Gasteiger partial charge in [-0.3, -0.25) is 4.90 Å². The van der Waals surface area contributed by atoms with Gasteiger partial charge in [0, 0.05) is 35.9 Å². The van der Waals surface area contributed by atoms with Gasteiger partial charge in [-0.05, 0) is 50.4 Å². The molecule has 6 heteroatoms. The Labute approximate surface area is 142 Å². The zero-order chi connectivity index (χ0) is 16.2. The summed E-state index contributed by atoms with van der Waals surface area (Å²) in [6, 6.07) is 7.64. The van der Waals surface area contributed by atoms with E-state index in [2.05, 4.69) is 10.2 Å². The summed E-state index contributed by atoms with van der Waals surface area (Å²) < 4.78 is 0. The van der Waals surface area contributed by atoms with Gasteiger partial charge in [0.2, 0.25) is 0 Å². The molecule has 3 rings (SSSR count). The topological polar surface area (TPSA) is 55.8 Å². The number of carbonyl (C=O) groups excluding carboxylic acids is 1. The molecule has 2 atom stereocenters. The molecular weight excluding hydrogens is 314 g/mol. The SMILES string of the molecule is O=C(Nc1cccc(Cl)c1)N1CCCC1CN1CCCC1CO. The van der Waals surface area contributed by atoms with Gasteiger partial charge in [0.25, 0.3) is 0 Å². The highest BCUT2D eigenvalue weighted by Gasteiger charge is 2.33. The fraction of sp³-hybridized carbons (Fsp3) is 0.588. The van der Waals surface area contributed by atoms with Crippen LogP contribution in [0.15, 0.2) is 24.3 Å². The van der Waals surface area contributed by atoms with E-state index in [1.54, 1.807) is 12.1 Å². The van der Waals surface area contributed by atoms with Crippen molar-refractivity contribution >= 4 is 23.3 Å². The molecule has 0 radical (unpaired) electrons. The first-order valence-corrected chi connectivity index (χ1v) is 8.73. The number of urea groups is 1. The highest BCUT2D eigenvalue weighted by atomic mass is 35.5. The molecule has 2 amide bonds. The van der Waals surface area contributed by atoms with Crippen molar-refractivity contribution in [2.24, 2.45) is 0 Å². The van der Waals surface area contributed by atoms with Crippen LogP contribution < -0.4 is 5.32 Å². The van der Waals surface area contributed by atoms with Crippen LogP contribution in [0.25, 0.3) is 0 Å². The van der Waals surface area contributed by atoms with Crippen LogP contribution in [0.1, 0.15) is 25.7 Å². The maximum atomic E-state index is 12.6. The quantitative estimate of drug-likeness (QED) is 0.888. The molecule has 2 heterocycles. The summed E-state index contributed by atoms with van der Waals surface area (Å²) in [6.07, 6.45) is 4.24. The molecule has 23 heavy (non-hydrogen) atoms. The van der Waals surface area contributed by atoms with Crippen molar-refractivity contribution < 1.29 is 9.90 Å². The largest absolute Gasteiger partial charge is 0.395 e. The number of nitrogens with zero attached hydrogens (tertiary/aromatic N) is 2. The molecule has 2 unspecified atom stereocenters. The van der Waals surface area contributed by atoms with Gasteiger partial charge < -0.3 is 15.3 Å². The van der Waals surface area contributed by atoms with Crippen LogP contribution in [0.2, 0.25) is 5.02 Å². The second-order valence-corrected chi connectivity index (χ2v) is 6.84. The first-order chi connectivity index (χ1) is 11.2. The van der Waals surface area contributed by atoms with Crippen molar-refractivity contribution in [3.8, 4) is 0 Å². The molecule has 0 saturated carbocycles. The summed E-state index contributed by atoms with van der Waals surface area (Å²) in [6.45, 7) is 2.87. The van der Waals surface area contributed by atoms with Crippen molar-refractivity contribution in [2.75, 3.05) is 31.6 Å². The number of likely N-dealkylation sites (tertiary alicyclic amines) is 2. The van der Waals surface area contributed by atoms with Crippen LogP contribution >= 0.6 is 11.6 Å². The maximum Gasteiger partial charge on any atom is 0.322 e. The van der Waals surface area contributed by atoms with Crippen LogP contribution in [0.4, 0.5) is 10.5 Å². The number of anilines is 1. The van der Waals surface area contributed by atoms with Crippen LogP contribution in [0, 0.1) is 0 Å². The van der Waals surface area contributed by atoms with Gasteiger partial charge >= 0.3 is 6.03 Å². The van der Waals surface area contributed by atoms with E-state index < -0.39 is 0 Å². The van der Waals surface area contributed by atoms with Gasteiger partial charge in [0.15, 0.2) is 0 Å². The average molecular weight is 338 g/mol. The lowest BCUT2D eigenvalue weighted by Crippen LogP contribution is -2.46. The molecule has 2 aliphatic rings. The summed E-state index contributed by atoms with van der Waals surface area (Å²) in [4.78, 5) is 16.8. The van der Waals surface area contributed by atoms with Gasteiger partial charge in [-0.2, -0.15) is 0 Å². The summed E-state index contributed by atoms with van der Waals surface area (Å²) in [5, 5.41) is 13.0. The summed E-state index contributed by atoms with van der Waals surface area (Å²) in [7, 11) is 0. The van der Waals surface area contributed by atoms with E-state index in [1.807, 2.05) is 17.0 Å². The Kier molecular flexibility index (Phi) is 5.41. The van der Waals surface area contributed by atoms with Gasteiger partial charge in [0.05, 0.1) is 6.61 Å². The molecule has 1 aromatic carbocycles. The molecule has 0 bridgehead atoms. The minimum Gasteiger partial charge on any atom is -0.395 e. The molecule has 0 aliphatic carbocycles. The number of carbonyl (C=O) groups is 1. The fourth-order valence-corrected chi connectivity index (χ4v) is 3.86. The predicted octanol–water partition coefficient (Wildman–Crippen LogP) is 2.79. The molecule has 5 nitrogen and oxygen atoms in total. The lowest BCUT2D eigenvalue weighted by molar-refractivity contribution is 0.130. The number of halogens is 1. The Morgan fingerprint density at radius 3 is 2.83 bits per heavy atom. The van der Waals surface area contributed by atoms with Crippen molar-refractivity contribution in [1.29, 1.82) is 0 Å². The van der Waals surface area contributed by atoms with Crippen molar-refractivity contribution in [3.63, 3.8) is 0 Å². The van der Waals surface area contributed by atoms with Gasteiger partial charge in [-0.15, -0.1) is 0 Å². The second kappa shape index (κ2) is 7.51. The molecular formula is C17H24ClN3O2. The molecule has 1 aromatic rings. The van der Waals surface area contributed by atoms with E-state index >= 15 is 0 Å². The van der Waals surface area contributed by atoms with Crippen LogP contribution in [-0.2, 0) is 0 Å². The maximum absolute atomic E-state index is 12.6. The number of hydrogen-bond acceptors (Lipinski definition) is 3. The van der Waals surface area contributed by atoms with Gasteiger partial charge in [-0.25, -0.2) is 4.79 Å². The monoisotopic (exact) mass is 337 g/mol. The number of benzene rings is 1. The number of aliphatic hydroxyl groups excluding tert-OH is 1. The molecule has 2 N–H and O–H groups in total. The van der Waals surface area contributed by atoms with Crippen LogP contribution in [0.3, 0.4) is 0 Å². The van der Waals surface area contributed by atoms with Gasteiger partial charge in [-0.1, -0.05) is 17.7 Å². The third-order valence-corrected chi connectivity index (χ3v) is 5.10. The predicted molar refractivity (Wildman–Crippen MR) is 91.9 cm³/mol. The van der Waals surface area contributed by atoms with E-state index in [0.717, 1.165) is 51.0 Å².